The van der Waals surface area contributed by atoms with Crippen LogP contribution in [0.1, 0.15) is 44.6 Å². The molecule has 2 unspecified atom stereocenters. The molecular weight excluding hydrogens is 471 g/mol. The van der Waals surface area contributed by atoms with Crippen molar-refractivity contribution < 1.29 is 18.0 Å². The van der Waals surface area contributed by atoms with Crippen molar-refractivity contribution in [1.29, 1.82) is 5.26 Å². The molecule has 1 aromatic heterocycles. The largest absolute Gasteiger partial charge is 0.417 e. The lowest BCUT2D eigenvalue weighted by Crippen LogP contribution is -2.67. The first-order valence-corrected chi connectivity index (χ1v) is 12.7. The molecule has 2 N–H and O–H groups in total. The van der Waals surface area contributed by atoms with Crippen LogP contribution in [0.5, 0.6) is 0 Å². The van der Waals surface area contributed by atoms with E-state index >= 15 is 0 Å². The van der Waals surface area contributed by atoms with E-state index in [1.54, 1.807) is 6.92 Å². The Morgan fingerprint density at radius 1 is 1.19 bits per heavy atom. The summed E-state index contributed by atoms with van der Waals surface area (Å²) >= 11 is 0. The van der Waals surface area contributed by atoms with Crippen molar-refractivity contribution >= 4 is 17.6 Å². The number of amides is 1. The number of carbonyl (C=O) groups is 1. The number of hydrogen-bond donors (Lipinski definition) is 2. The van der Waals surface area contributed by atoms with Gasteiger partial charge in [-0.25, -0.2) is 4.98 Å². The first kappa shape index (κ1) is 24.8. The van der Waals surface area contributed by atoms with Crippen molar-refractivity contribution in [2.45, 2.75) is 56.8 Å². The Labute approximate surface area is 208 Å². The predicted octanol–water partition coefficient (Wildman–Crippen LogP) is 2.77. The number of amidine groups is 1. The van der Waals surface area contributed by atoms with Gasteiger partial charge in [0.2, 0.25) is 12.1 Å². The van der Waals surface area contributed by atoms with Crippen LogP contribution in [0.3, 0.4) is 0 Å². The van der Waals surface area contributed by atoms with Gasteiger partial charge in [0.1, 0.15) is 11.7 Å². The Morgan fingerprint density at radius 3 is 2.44 bits per heavy atom. The number of alkyl halides is 3. The monoisotopic (exact) mass is 503 g/mol. The van der Waals surface area contributed by atoms with Gasteiger partial charge in [-0.3, -0.25) is 9.69 Å². The van der Waals surface area contributed by atoms with Gasteiger partial charge in [0.05, 0.1) is 12.1 Å². The van der Waals surface area contributed by atoms with E-state index in [4.69, 9.17) is 0 Å². The number of nitrogens with zero attached hydrogens (tertiary/aromatic N) is 5. The summed E-state index contributed by atoms with van der Waals surface area (Å²) in [4.78, 5) is 24.1. The summed E-state index contributed by atoms with van der Waals surface area (Å²) in [5.41, 5.74) is -0.823. The summed E-state index contributed by atoms with van der Waals surface area (Å²) in [6.45, 7) is 4.78. The zero-order valence-corrected chi connectivity index (χ0v) is 20.4. The minimum absolute atomic E-state index is 0.0406. The van der Waals surface area contributed by atoms with Crippen LogP contribution < -0.4 is 15.5 Å². The van der Waals surface area contributed by atoms with Crippen LogP contribution in [0.4, 0.5) is 19.0 Å². The summed E-state index contributed by atoms with van der Waals surface area (Å²) in [5, 5.41) is 16.2. The summed E-state index contributed by atoms with van der Waals surface area (Å²) < 4.78 is 38.4. The molecule has 2 heterocycles. The number of aromatic nitrogens is 1. The molecule has 8 nitrogen and oxygen atoms in total. The summed E-state index contributed by atoms with van der Waals surface area (Å²) in [5.74, 6) is 2.80. The second-order valence-corrected chi connectivity index (χ2v) is 10.9. The zero-order valence-electron chi connectivity index (χ0n) is 20.4. The number of carbonyl (C=O) groups excluding carboxylic acids is 1. The molecule has 11 heteroatoms. The highest BCUT2D eigenvalue weighted by atomic mass is 19.4. The van der Waals surface area contributed by atoms with Gasteiger partial charge in [0.15, 0.2) is 0 Å². The molecule has 194 valence electrons. The van der Waals surface area contributed by atoms with Crippen molar-refractivity contribution in [3.8, 4) is 6.19 Å². The summed E-state index contributed by atoms with van der Waals surface area (Å²) in [6.07, 6.45) is 3.73. The van der Waals surface area contributed by atoms with Crippen LogP contribution >= 0.6 is 0 Å². The predicted molar refractivity (Wildman–Crippen MR) is 128 cm³/mol. The molecule has 36 heavy (non-hydrogen) atoms. The molecule has 6 rings (SSSR count). The van der Waals surface area contributed by atoms with Crippen molar-refractivity contribution in [1.82, 2.24) is 20.5 Å². The molecule has 5 fully saturated rings. The normalized spacial score (nSPS) is 32.3. The van der Waals surface area contributed by atoms with Gasteiger partial charge in [-0.05, 0) is 62.0 Å². The molecule has 2 atom stereocenters. The fourth-order valence-corrected chi connectivity index (χ4v) is 7.24. The van der Waals surface area contributed by atoms with Crippen LogP contribution in [0.25, 0.3) is 0 Å². The number of pyridine rings is 1. The topological polar surface area (TPSA) is 96.7 Å². The van der Waals surface area contributed by atoms with Crippen molar-refractivity contribution in [2.75, 3.05) is 37.6 Å². The quantitative estimate of drug-likeness (QED) is 0.365. The highest BCUT2D eigenvalue weighted by Crippen LogP contribution is 2.55. The van der Waals surface area contributed by atoms with E-state index in [-0.39, 0.29) is 17.5 Å². The second-order valence-electron chi connectivity index (χ2n) is 10.9. The summed E-state index contributed by atoms with van der Waals surface area (Å²) in [6, 6.07) is 2.74. The average molecular weight is 504 g/mol. The molecule has 1 aromatic rings. The van der Waals surface area contributed by atoms with Crippen LogP contribution in [0.15, 0.2) is 23.3 Å². The number of anilines is 1. The number of nitrogens with one attached hydrogen (secondary N) is 2. The van der Waals surface area contributed by atoms with E-state index in [9.17, 15) is 23.2 Å². The smallest absolute Gasteiger partial charge is 0.368 e. The van der Waals surface area contributed by atoms with Gasteiger partial charge < -0.3 is 15.5 Å². The Bertz CT molecular complexity index is 1030. The zero-order chi connectivity index (χ0) is 25.5. The molecule has 1 amide bonds. The van der Waals surface area contributed by atoms with Crippen molar-refractivity contribution in [2.24, 2.45) is 22.7 Å². The third-order valence-corrected chi connectivity index (χ3v) is 8.38. The van der Waals surface area contributed by atoms with Crippen LogP contribution in [0.2, 0.25) is 0 Å². The lowest BCUT2D eigenvalue weighted by molar-refractivity contribution is -0.137. The van der Waals surface area contributed by atoms with E-state index in [1.807, 2.05) is 11.1 Å². The molecule has 0 aromatic carbocycles. The third kappa shape index (κ3) is 5.14. The minimum Gasteiger partial charge on any atom is -0.368 e. The third-order valence-electron chi connectivity index (χ3n) is 8.38. The molecule has 5 aliphatic rings. The number of hydrogen-bond acceptors (Lipinski definition) is 6. The molecule has 4 bridgehead atoms. The Hall–Kier alpha value is -2.87. The summed E-state index contributed by atoms with van der Waals surface area (Å²) in [7, 11) is 0. The fourth-order valence-electron chi connectivity index (χ4n) is 7.24. The molecule has 0 spiro atoms. The fraction of sp³-hybridized carbons (Fsp3) is 0.680. The standard InChI is InChI=1S/C25H32F3N7O/c1-16(36)33-24-10-17-8-18(11-24)23(19(9-17)12-24)32-21(31-15-29)14-34-4-6-35(7-5-34)22-3-2-20(13-30-22)25(26,27)28/h2-3,13,17-19,23H,4-12,14H2,1H3,(H,31,32)(H,33,36). The van der Waals surface area contributed by atoms with Crippen molar-refractivity contribution in [3.05, 3.63) is 23.9 Å². The van der Waals surface area contributed by atoms with E-state index in [0.717, 1.165) is 44.4 Å². The Balaban J connectivity index is 1.17. The number of nitriles is 1. The molecule has 1 saturated heterocycles. The average Bonchev–Trinajstić information content (AvgIpc) is 2.80. The minimum atomic E-state index is -4.39. The van der Waals surface area contributed by atoms with E-state index in [2.05, 4.69) is 25.5 Å². The van der Waals surface area contributed by atoms with Gasteiger partial charge in [0.25, 0.3) is 0 Å². The van der Waals surface area contributed by atoms with Gasteiger partial charge in [-0.2, -0.15) is 23.4 Å². The Morgan fingerprint density at radius 2 is 1.89 bits per heavy atom. The van der Waals surface area contributed by atoms with E-state index in [0.29, 0.717) is 62.1 Å². The highest BCUT2D eigenvalue weighted by Gasteiger charge is 2.55. The van der Waals surface area contributed by atoms with E-state index < -0.39 is 11.7 Å². The molecular formula is C25H32F3N7O. The lowest BCUT2D eigenvalue weighted by Gasteiger charge is -2.60. The first-order valence-electron chi connectivity index (χ1n) is 12.7. The van der Waals surface area contributed by atoms with E-state index in [1.165, 1.54) is 6.07 Å². The number of piperazine rings is 1. The number of halogens is 3. The van der Waals surface area contributed by atoms with Crippen molar-refractivity contribution in [3.63, 3.8) is 0 Å². The maximum absolute atomic E-state index is 12.8. The maximum Gasteiger partial charge on any atom is 0.417 e. The SMILES string of the molecule is CC(=O)NC12CC3CC(C1)C(N/C(CN1CCN(c4ccc(C(F)(F)F)cn4)CC1)=N/C#N)C(C3)C2. The molecule has 4 aliphatic carbocycles. The maximum atomic E-state index is 12.8. The van der Waals surface area contributed by atoms with Gasteiger partial charge in [0, 0.05) is 50.9 Å². The number of rotatable bonds is 5. The van der Waals surface area contributed by atoms with Gasteiger partial charge >= 0.3 is 6.18 Å². The molecule has 0 radical (unpaired) electrons. The Kier molecular flexibility index (Phi) is 6.57. The van der Waals surface area contributed by atoms with Crippen LogP contribution in [0, 0.1) is 29.2 Å². The molecule has 4 saturated carbocycles. The van der Waals surface area contributed by atoms with Gasteiger partial charge in [-0.15, -0.1) is 0 Å². The van der Waals surface area contributed by atoms with Gasteiger partial charge in [-0.1, -0.05) is 0 Å². The van der Waals surface area contributed by atoms with Crippen LogP contribution in [-0.2, 0) is 11.0 Å². The second kappa shape index (κ2) is 9.54. The first-order chi connectivity index (χ1) is 17.1. The lowest BCUT2D eigenvalue weighted by atomic mass is 9.51. The van der Waals surface area contributed by atoms with Crippen LogP contribution in [-0.4, -0.2) is 65.9 Å². The highest BCUT2D eigenvalue weighted by molar-refractivity contribution is 5.85. The molecule has 1 aliphatic heterocycles. The number of aliphatic imine (C=N–C) groups is 1.